The van der Waals surface area contributed by atoms with Crippen LogP contribution in [0.4, 0.5) is 17.1 Å². The number of aromatic hydroxyl groups is 1. The maximum atomic E-state index is 9.87. The highest BCUT2D eigenvalue weighted by Crippen LogP contribution is 2.40. The molecule has 0 heterocycles. The molecule has 1 aromatic rings. The summed E-state index contributed by atoms with van der Waals surface area (Å²) in [7, 11) is 5.18. The van der Waals surface area contributed by atoms with Crippen molar-refractivity contribution in [2.45, 2.75) is 6.61 Å². The van der Waals surface area contributed by atoms with Crippen LogP contribution >= 0.6 is 0 Å². The van der Waals surface area contributed by atoms with Crippen molar-refractivity contribution in [1.29, 1.82) is 0 Å². The molecule has 0 fully saturated rings. The van der Waals surface area contributed by atoms with Gasteiger partial charge in [-0.15, -0.1) is 0 Å². The molecular formula is C10H17N3O2. The standard InChI is InChI=1S/C10H17N3O2/c1-11-7-4-6(5-14)8(12-2)9(13-3)10(7)15/h4,11-15H,5H2,1-3H3. The van der Waals surface area contributed by atoms with E-state index in [0.717, 1.165) is 5.56 Å². The second kappa shape index (κ2) is 4.75. The van der Waals surface area contributed by atoms with Crippen molar-refractivity contribution in [3.63, 3.8) is 0 Å². The quantitative estimate of drug-likeness (QED) is 0.480. The molecule has 0 unspecified atom stereocenters. The lowest BCUT2D eigenvalue weighted by atomic mass is 10.1. The Kier molecular flexibility index (Phi) is 3.62. The highest BCUT2D eigenvalue weighted by molar-refractivity contribution is 5.85. The number of phenolic OH excluding ortho intramolecular Hbond substituents is 1. The van der Waals surface area contributed by atoms with Crippen LogP contribution in [0.3, 0.4) is 0 Å². The number of aliphatic hydroxyl groups excluding tert-OH is 1. The number of phenols is 1. The second-order valence-corrected chi connectivity index (χ2v) is 3.09. The third-order valence-electron chi connectivity index (χ3n) is 2.32. The van der Waals surface area contributed by atoms with Crippen molar-refractivity contribution in [2.24, 2.45) is 0 Å². The van der Waals surface area contributed by atoms with E-state index in [-0.39, 0.29) is 12.4 Å². The average molecular weight is 211 g/mol. The van der Waals surface area contributed by atoms with Gasteiger partial charge in [-0.3, -0.25) is 0 Å². The summed E-state index contributed by atoms with van der Waals surface area (Å²) in [5, 5.41) is 27.8. The van der Waals surface area contributed by atoms with Crippen molar-refractivity contribution in [2.75, 3.05) is 37.1 Å². The molecule has 0 bridgehead atoms. The Labute approximate surface area is 89.1 Å². The zero-order valence-electron chi connectivity index (χ0n) is 9.18. The van der Waals surface area contributed by atoms with Gasteiger partial charge >= 0.3 is 0 Å². The van der Waals surface area contributed by atoms with E-state index in [0.29, 0.717) is 17.1 Å². The van der Waals surface area contributed by atoms with E-state index in [9.17, 15) is 10.2 Å². The SMILES string of the molecule is CNc1cc(CO)c(NC)c(NC)c1O. The van der Waals surface area contributed by atoms with Gasteiger partial charge in [0.1, 0.15) is 5.69 Å². The molecule has 0 aliphatic heterocycles. The van der Waals surface area contributed by atoms with Crippen LogP contribution in [-0.4, -0.2) is 31.4 Å². The Bertz CT molecular complexity index is 353. The van der Waals surface area contributed by atoms with Gasteiger partial charge < -0.3 is 26.2 Å². The molecule has 0 amide bonds. The Balaban J connectivity index is 3.43. The van der Waals surface area contributed by atoms with E-state index in [1.165, 1.54) is 0 Å². The Morgan fingerprint density at radius 1 is 1.07 bits per heavy atom. The van der Waals surface area contributed by atoms with Gasteiger partial charge in [0.05, 0.1) is 18.0 Å². The second-order valence-electron chi connectivity index (χ2n) is 3.09. The van der Waals surface area contributed by atoms with Gasteiger partial charge in [-0.25, -0.2) is 0 Å². The van der Waals surface area contributed by atoms with Crippen LogP contribution in [0.15, 0.2) is 6.07 Å². The minimum atomic E-state index is -0.0835. The van der Waals surface area contributed by atoms with Crippen LogP contribution in [0.2, 0.25) is 0 Å². The Hall–Kier alpha value is -1.62. The molecule has 0 saturated carbocycles. The average Bonchev–Trinajstić information content (AvgIpc) is 2.28. The van der Waals surface area contributed by atoms with E-state index in [2.05, 4.69) is 16.0 Å². The first kappa shape index (κ1) is 11.5. The lowest BCUT2D eigenvalue weighted by Crippen LogP contribution is -2.04. The zero-order chi connectivity index (χ0) is 11.4. The van der Waals surface area contributed by atoms with Gasteiger partial charge in [0.25, 0.3) is 0 Å². The van der Waals surface area contributed by atoms with Crippen molar-refractivity contribution >= 4 is 17.1 Å². The van der Waals surface area contributed by atoms with Crippen molar-refractivity contribution in [1.82, 2.24) is 0 Å². The molecular weight excluding hydrogens is 194 g/mol. The van der Waals surface area contributed by atoms with Gasteiger partial charge in [-0.05, 0) is 6.07 Å². The molecule has 15 heavy (non-hydrogen) atoms. The molecule has 0 saturated heterocycles. The summed E-state index contributed by atoms with van der Waals surface area (Å²) in [6, 6.07) is 1.71. The van der Waals surface area contributed by atoms with E-state index in [4.69, 9.17) is 0 Å². The van der Waals surface area contributed by atoms with Crippen LogP contribution in [0, 0.1) is 0 Å². The van der Waals surface area contributed by atoms with Crippen LogP contribution in [0.1, 0.15) is 5.56 Å². The lowest BCUT2D eigenvalue weighted by Gasteiger charge is -2.17. The number of rotatable bonds is 4. The van der Waals surface area contributed by atoms with E-state index >= 15 is 0 Å². The molecule has 1 aromatic carbocycles. The van der Waals surface area contributed by atoms with Gasteiger partial charge in [0.2, 0.25) is 0 Å². The normalized spacial score (nSPS) is 9.87. The van der Waals surface area contributed by atoms with E-state index in [1.54, 1.807) is 27.2 Å². The summed E-state index contributed by atoms with van der Waals surface area (Å²) < 4.78 is 0. The fourth-order valence-corrected chi connectivity index (χ4v) is 1.57. The summed E-state index contributed by atoms with van der Waals surface area (Å²) in [6.07, 6.45) is 0. The maximum absolute atomic E-state index is 9.87. The molecule has 5 N–H and O–H groups in total. The largest absolute Gasteiger partial charge is 0.504 e. The number of hydrogen-bond acceptors (Lipinski definition) is 5. The lowest BCUT2D eigenvalue weighted by molar-refractivity contribution is 0.282. The number of benzene rings is 1. The minimum Gasteiger partial charge on any atom is -0.504 e. The molecule has 84 valence electrons. The molecule has 5 heteroatoms. The summed E-state index contributed by atoms with van der Waals surface area (Å²) in [5.74, 6) is 0.140. The van der Waals surface area contributed by atoms with Gasteiger partial charge in [0.15, 0.2) is 5.75 Å². The summed E-state index contributed by atoms with van der Waals surface area (Å²) in [4.78, 5) is 0. The van der Waals surface area contributed by atoms with Crippen LogP contribution in [0.5, 0.6) is 5.75 Å². The van der Waals surface area contributed by atoms with Gasteiger partial charge in [-0.1, -0.05) is 0 Å². The smallest absolute Gasteiger partial charge is 0.164 e. The molecule has 0 aliphatic rings. The summed E-state index contributed by atoms with van der Waals surface area (Å²) in [6.45, 7) is -0.0835. The summed E-state index contributed by atoms with van der Waals surface area (Å²) >= 11 is 0. The molecule has 5 nitrogen and oxygen atoms in total. The topological polar surface area (TPSA) is 76.5 Å². The molecule has 0 aliphatic carbocycles. The third kappa shape index (κ3) is 1.92. The highest BCUT2D eigenvalue weighted by Gasteiger charge is 2.14. The first-order valence-corrected chi connectivity index (χ1v) is 4.72. The Morgan fingerprint density at radius 2 is 1.67 bits per heavy atom. The molecule has 1 rings (SSSR count). The van der Waals surface area contributed by atoms with Crippen molar-refractivity contribution in [3.8, 4) is 5.75 Å². The highest BCUT2D eigenvalue weighted by atomic mass is 16.3. The Morgan fingerprint density at radius 3 is 2.07 bits per heavy atom. The number of anilines is 3. The van der Waals surface area contributed by atoms with Gasteiger partial charge in [-0.2, -0.15) is 0 Å². The number of aliphatic hydroxyl groups is 1. The molecule has 0 atom stereocenters. The molecule has 0 radical (unpaired) electrons. The van der Waals surface area contributed by atoms with Crippen LogP contribution < -0.4 is 16.0 Å². The first-order valence-electron chi connectivity index (χ1n) is 4.72. The predicted octanol–water partition coefficient (Wildman–Crippen LogP) is 1.01. The minimum absolute atomic E-state index is 0.0835. The van der Waals surface area contributed by atoms with E-state index in [1.807, 2.05) is 0 Å². The summed E-state index contributed by atoms with van der Waals surface area (Å²) in [5.41, 5.74) is 2.59. The van der Waals surface area contributed by atoms with Crippen molar-refractivity contribution < 1.29 is 10.2 Å². The maximum Gasteiger partial charge on any atom is 0.164 e. The van der Waals surface area contributed by atoms with E-state index < -0.39 is 0 Å². The first-order chi connectivity index (χ1) is 7.19. The van der Waals surface area contributed by atoms with Gasteiger partial charge in [0, 0.05) is 26.7 Å². The molecule has 0 spiro atoms. The van der Waals surface area contributed by atoms with Crippen LogP contribution in [-0.2, 0) is 6.61 Å². The third-order valence-corrected chi connectivity index (χ3v) is 2.32. The fraction of sp³-hybridized carbons (Fsp3) is 0.400. The predicted molar refractivity (Wildman–Crippen MR) is 62.7 cm³/mol. The monoisotopic (exact) mass is 211 g/mol. The van der Waals surface area contributed by atoms with Crippen LogP contribution in [0.25, 0.3) is 0 Å². The number of nitrogens with one attached hydrogen (secondary N) is 3. The number of hydrogen-bond donors (Lipinski definition) is 5. The molecule has 0 aromatic heterocycles. The fourth-order valence-electron chi connectivity index (χ4n) is 1.57. The van der Waals surface area contributed by atoms with Crippen molar-refractivity contribution in [3.05, 3.63) is 11.6 Å². The zero-order valence-corrected chi connectivity index (χ0v) is 9.18.